The number of aryl methyl sites for hydroxylation is 2. The van der Waals surface area contributed by atoms with Gasteiger partial charge in [0.1, 0.15) is 17.5 Å². The molecule has 0 spiro atoms. The fourth-order valence-corrected chi connectivity index (χ4v) is 4.43. The predicted molar refractivity (Wildman–Crippen MR) is 134 cm³/mol. The van der Waals surface area contributed by atoms with E-state index < -0.39 is 11.6 Å². The van der Waals surface area contributed by atoms with Gasteiger partial charge in [-0.2, -0.15) is 0 Å². The van der Waals surface area contributed by atoms with Gasteiger partial charge in [0.25, 0.3) is 0 Å². The maximum atomic E-state index is 14.0. The molecule has 0 aliphatic carbocycles. The molecular weight excluding hydrogens is 462 g/mol. The monoisotopic (exact) mass is 492 g/mol. The predicted octanol–water partition coefficient (Wildman–Crippen LogP) is 5.43. The second-order valence-electron chi connectivity index (χ2n) is 9.21. The van der Waals surface area contributed by atoms with Crippen LogP contribution in [0.3, 0.4) is 0 Å². The van der Waals surface area contributed by atoms with E-state index in [2.05, 4.69) is 10.1 Å². The zero-order valence-corrected chi connectivity index (χ0v) is 21.0. The van der Waals surface area contributed by atoms with Crippen molar-refractivity contribution < 1.29 is 18.4 Å². The zero-order chi connectivity index (χ0) is 25.8. The Balaban J connectivity index is 1.47. The fourth-order valence-electron chi connectivity index (χ4n) is 4.43. The smallest absolute Gasteiger partial charge is 0.227 e. The summed E-state index contributed by atoms with van der Waals surface area (Å²) in [6.07, 6.45) is 2.84. The van der Waals surface area contributed by atoms with Gasteiger partial charge in [-0.25, -0.2) is 18.7 Å². The van der Waals surface area contributed by atoms with Crippen LogP contribution in [0.25, 0.3) is 0 Å². The molecule has 2 aromatic carbocycles. The van der Waals surface area contributed by atoms with Crippen molar-refractivity contribution in [2.24, 2.45) is 5.16 Å². The van der Waals surface area contributed by atoms with Gasteiger partial charge in [-0.1, -0.05) is 23.4 Å². The Morgan fingerprint density at radius 3 is 2.44 bits per heavy atom. The number of oxime groups is 1. The molecule has 0 saturated carbocycles. The minimum absolute atomic E-state index is 0.0989. The molecule has 0 radical (unpaired) electrons. The van der Waals surface area contributed by atoms with Crippen LogP contribution in [0.2, 0.25) is 0 Å². The van der Waals surface area contributed by atoms with Crippen molar-refractivity contribution in [2.75, 3.05) is 13.1 Å². The molecule has 1 fully saturated rings. The van der Waals surface area contributed by atoms with Crippen molar-refractivity contribution in [2.45, 2.75) is 52.9 Å². The Labute approximate surface area is 210 Å². The fraction of sp³-hybridized carbons (Fsp3) is 0.357. The minimum Gasteiger partial charge on any atom is -0.356 e. The van der Waals surface area contributed by atoms with Crippen LogP contribution in [-0.2, 0) is 11.2 Å². The minimum atomic E-state index is -0.697. The van der Waals surface area contributed by atoms with Crippen LogP contribution in [0.1, 0.15) is 59.5 Å². The third-order valence-electron chi connectivity index (χ3n) is 6.79. The molecule has 36 heavy (non-hydrogen) atoms. The maximum Gasteiger partial charge on any atom is 0.227 e. The molecule has 1 aromatic heterocycles. The summed E-state index contributed by atoms with van der Waals surface area (Å²) >= 11 is 0. The molecule has 0 atom stereocenters. The Bertz CT molecular complexity index is 1280. The number of carbonyl (C=O) groups is 1. The summed E-state index contributed by atoms with van der Waals surface area (Å²) in [7, 11) is 0. The van der Waals surface area contributed by atoms with Crippen LogP contribution in [-0.4, -0.2) is 39.6 Å². The van der Waals surface area contributed by atoms with Crippen molar-refractivity contribution in [3.05, 3.63) is 88.0 Å². The Hall–Kier alpha value is -3.68. The molecule has 0 N–H and O–H groups in total. The Morgan fingerprint density at radius 2 is 1.75 bits per heavy atom. The van der Waals surface area contributed by atoms with Gasteiger partial charge < -0.3 is 9.74 Å². The topological polar surface area (TPSA) is 67.7 Å². The second-order valence-corrected chi connectivity index (χ2v) is 9.21. The first-order valence-electron chi connectivity index (χ1n) is 12.1. The first-order valence-corrected chi connectivity index (χ1v) is 12.1. The molecule has 0 unspecified atom stereocenters. The van der Waals surface area contributed by atoms with Gasteiger partial charge in [-0.3, -0.25) is 4.79 Å². The van der Waals surface area contributed by atoms with E-state index in [0.717, 1.165) is 22.4 Å². The number of benzene rings is 2. The average molecular weight is 493 g/mol. The van der Waals surface area contributed by atoms with Crippen molar-refractivity contribution in [1.29, 1.82) is 0 Å². The Kier molecular flexibility index (Phi) is 7.72. The van der Waals surface area contributed by atoms with E-state index in [1.165, 1.54) is 18.2 Å². The van der Waals surface area contributed by atoms with Crippen LogP contribution in [0.5, 0.6) is 5.75 Å². The maximum absolute atomic E-state index is 14.0. The summed E-state index contributed by atoms with van der Waals surface area (Å²) in [5.74, 6) is -0.222. The zero-order valence-electron chi connectivity index (χ0n) is 21.0. The summed E-state index contributed by atoms with van der Waals surface area (Å²) in [5, 5.41) is 4.36. The summed E-state index contributed by atoms with van der Waals surface area (Å²) < 4.78 is 28.0. The third-order valence-corrected chi connectivity index (χ3v) is 6.79. The lowest BCUT2D eigenvalue weighted by molar-refractivity contribution is -0.131. The van der Waals surface area contributed by atoms with Crippen LogP contribution < -0.4 is 4.84 Å². The van der Waals surface area contributed by atoms with Crippen molar-refractivity contribution in [1.82, 2.24) is 14.9 Å². The number of aromatic nitrogens is 2. The molecule has 6 nitrogen and oxygen atoms in total. The Morgan fingerprint density at radius 1 is 1.08 bits per heavy atom. The normalized spacial score (nSPS) is 14.7. The molecule has 1 amide bonds. The quantitative estimate of drug-likeness (QED) is 0.340. The van der Waals surface area contributed by atoms with E-state index in [9.17, 15) is 13.6 Å². The van der Waals surface area contributed by atoms with E-state index in [-0.39, 0.29) is 23.8 Å². The highest BCUT2D eigenvalue weighted by molar-refractivity contribution is 5.99. The number of carbonyl (C=O) groups excluding carboxylic acids is 1. The molecule has 4 rings (SSSR count). The molecule has 188 valence electrons. The second kappa shape index (κ2) is 10.9. The molecular formula is C28H30F2N4O2. The van der Waals surface area contributed by atoms with Gasteiger partial charge in [0.15, 0.2) is 5.75 Å². The molecule has 1 aliphatic heterocycles. The number of piperidine rings is 1. The lowest BCUT2D eigenvalue weighted by Gasteiger charge is -2.32. The van der Waals surface area contributed by atoms with Crippen LogP contribution in [0.15, 0.2) is 47.8 Å². The van der Waals surface area contributed by atoms with E-state index in [1.54, 1.807) is 11.1 Å². The SMILES string of the molecule is C/C(=N/Oc1cccc(C)c1C)c1cnc(C)nc1C1CCN(C(=O)Cc2c(F)cccc2F)CC1. The highest BCUT2D eigenvalue weighted by Crippen LogP contribution is 2.30. The highest BCUT2D eigenvalue weighted by atomic mass is 19.1. The van der Waals surface area contributed by atoms with Gasteiger partial charge in [0, 0.05) is 36.3 Å². The average Bonchev–Trinajstić information content (AvgIpc) is 2.87. The number of hydrogen-bond donors (Lipinski definition) is 0. The van der Waals surface area contributed by atoms with Crippen molar-refractivity contribution in [3.8, 4) is 5.75 Å². The molecule has 3 aromatic rings. The number of halogens is 2. The largest absolute Gasteiger partial charge is 0.356 e. The third kappa shape index (κ3) is 5.58. The molecule has 8 heteroatoms. The first kappa shape index (κ1) is 25.4. The van der Waals surface area contributed by atoms with E-state index >= 15 is 0 Å². The van der Waals surface area contributed by atoms with E-state index in [1.807, 2.05) is 45.9 Å². The lowest BCUT2D eigenvalue weighted by Crippen LogP contribution is -2.39. The highest BCUT2D eigenvalue weighted by Gasteiger charge is 2.28. The van der Waals surface area contributed by atoms with E-state index in [4.69, 9.17) is 9.82 Å². The van der Waals surface area contributed by atoms with Crippen LogP contribution in [0, 0.1) is 32.4 Å². The lowest BCUT2D eigenvalue weighted by atomic mass is 9.89. The summed E-state index contributed by atoms with van der Waals surface area (Å²) in [6.45, 7) is 8.69. The number of rotatable bonds is 6. The number of likely N-dealkylation sites (tertiary alicyclic amines) is 1. The van der Waals surface area contributed by atoms with Gasteiger partial charge in [-0.15, -0.1) is 0 Å². The standard InChI is InChI=1S/C28H30F2N4O2/c1-17-7-5-10-26(18(17)2)36-33-19(3)23-16-31-20(4)32-28(23)21-11-13-34(14-12-21)27(35)15-22-24(29)8-6-9-25(22)30/h5-10,16,21H,11-15H2,1-4H3/b33-19-. The first-order chi connectivity index (χ1) is 17.2. The molecule has 2 heterocycles. The van der Waals surface area contributed by atoms with Gasteiger partial charge in [-0.05, 0) is 69.9 Å². The molecule has 1 aliphatic rings. The van der Waals surface area contributed by atoms with Crippen LogP contribution >= 0.6 is 0 Å². The summed E-state index contributed by atoms with van der Waals surface area (Å²) in [4.78, 5) is 29.2. The summed E-state index contributed by atoms with van der Waals surface area (Å²) in [5.41, 5.74) is 4.32. The van der Waals surface area contributed by atoms with Gasteiger partial charge in [0.2, 0.25) is 5.91 Å². The van der Waals surface area contributed by atoms with Gasteiger partial charge in [0.05, 0.1) is 17.8 Å². The van der Waals surface area contributed by atoms with Gasteiger partial charge >= 0.3 is 0 Å². The number of amides is 1. The molecule has 1 saturated heterocycles. The number of hydrogen-bond acceptors (Lipinski definition) is 5. The summed E-state index contributed by atoms with van der Waals surface area (Å²) in [6, 6.07) is 9.47. The van der Waals surface area contributed by atoms with E-state index in [0.29, 0.717) is 43.2 Å². The van der Waals surface area contributed by atoms with Crippen molar-refractivity contribution >= 4 is 11.6 Å². The van der Waals surface area contributed by atoms with Crippen molar-refractivity contribution in [3.63, 3.8) is 0 Å². The number of nitrogens with zero attached hydrogens (tertiary/aromatic N) is 4. The molecule has 0 bridgehead atoms. The van der Waals surface area contributed by atoms with Crippen LogP contribution in [0.4, 0.5) is 8.78 Å².